The lowest BCUT2D eigenvalue weighted by atomic mass is 9.98. The number of halogens is 1. The second kappa shape index (κ2) is 4.64. The number of hydrogen-bond acceptors (Lipinski definition) is 2. The van der Waals surface area contributed by atoms with Crippen LogP contribution in [-0.4, -0.2) is 11.6 Å². The number of aromatic nitrogens is 1. The van der Waals surface area contributed by atoms with Gasteiger partial charge < -0.3 is 9.72 Å². The van der Waals surface area contributed by atoms with Crippen LogP contribution in [0.2, 0.25) is 5.02 Å². The third kappa shape index (κ3) is 1.85. The van der Waals surface area contributed by atoms with Crippen molar-refractivity contribution in [2.24, 2.45) is 0 Å². The van der Waals surface area contributed by atoms with Gasteiger partial charge in [-0.3, -0.25) is 4.79 Å². The van der Waals surface area contributed by atoms with Crippen LogP contribution in [0.1, 0.15) is 5.56 Å². The Bertz CT molecular complexity index is 914. The zero-order valence-corrected chi connectivity index (χ0v) is 11.9. The molecule has 21 heavy (non-hydrogen) atoms. The molecule has 2 heterocycles. The maximum Gasteiger partial charge on any atom is 0.257 e. The molecule has 1 aromatic heterocycles. The van der Waals surface area contributed by atoms with Gasteiger partial charge in [-0.2, -0.15) is 0 Å². The van der Waals surface area contributed by atoms with Crippen molar-refractivity contribution in [3.8, 4) is 16.9 Å². The Morgan fingerprint density at radius 2 is 1.95 bits per heavy atom. The number of ether oxygens (including phenoxy) is 1. The third-order valence-electron chi connectivity index (χ3n) is 3.88. The van der Waals surface area contributed by atoms with E-state index in [-0.39, 0.29) is 5.56 Å². The summed E-state index contributed by atoms with van der Waals surface area (Å²) in [5.74, 6) is 0.908. The number of benzene rings is 2. The second-order valence-corrected chi connectivity index (χ2v) is 5.49. The van der Waals surface area contributed by atoms with Crippen LogP contribution in [-0.2, 0) is 6.42 Å². The molecule has 0 fully saturated rings. The number of aromatic amines is 1. The van der Waals surface area contributed by atoms with Gasteiger partial charge in [-0.15, -0.1) is 0 Å². The molecule has 0 saturated heterocycles. The molecule has 0 saturated carbocycles. The number of rotatable bonds is 1. The van der Waals surface area contributed by atoms with Gasteiger partial charge in [0.25, 0.3) is 5.56 Å². The Morgan fingerprint density at radius 3 is 2.86 bits per heavy atom. The van der Waals surface area contributed by atoms with E-state index < -0.39 is 0 Å². The molecule has 3 aromatic rings. The molecule has 0 unspecified atom stereocenters. The van der Waals surface area contributed by atoms with E-state index in [2.05, 4.69) is 11.1 Å². The highest BCUT2D eigenvalue weighted by Gasteiger charge is 2.19. The average Bonchev–Trinajstić information content (AvgIpc) is 2.96. The van der Waals surface area contributed by atoms with Crippen LogP contribution in [0.3, 0.4) is 0 Å². The zero-order chi connectivity index (χ0) is 14.4. The summed E-state index contributed by atoms with van der Waals surface area (Å²) in [7, 11) is 0. The molecule has 3 nitrogen and oxygen atoms in total. The highest BCUT2D eigenvalue weighted by atomic mass is 35.5. The summed E-state index contributed by atoms with van der Waals surface area (Å²) < 4.78 is 5.77. The minimum Gasteiger partial charge on any atom is -0.492 e. The van der Waals surface area contributed by atoms with Gasteiger partial charge >= 0.3 is 0 Å². The molecule has 0 aliphatic carbocycles. The Balaban J connectivity index is 2.09. The molecule has 1 aliphatic heterocycles. The predicted octanol–water partition coefficient (Wildman–Crippen LogP) is 3.78. The Morgan fingerprint density at radius 1 is 1.10 bits per heavy atom. The van der Waals surface area contributed by atoms with Gasteiger partial charge in [-0.05, 0) is 17.0 Å². The minimum absolute atomic E-state index is 0.173. The smallest absolute Gasteiger partial charge is 0.257 e. The summed E-state index contributed by atoms with van der Waals surface area (Å²) in [5, 5.41) is 1.83. The van der Waals surface area contributed by atoms with E-state index in [9.17, 15) is 4.79 Å². The number of pyridine rings is 1. The molecule has 0 spiro atoms. The highest BCUT2D eigenvalue weighted by Crippen LogP contribution is 2.39. The lowest BCUT2D eigenvalue weighted by Crippen LogP contribution is -2.06. The average molecular weight is 298 g/mol. The lowest BCUT2D eigenvalue weighted by Gasteiger charge is -2.11. The fourth-order valence-corrected chi connectivity index (χ4v) is 3.18. The predicted molar refractivity (Wildman–Crippen MR) is 84.2 cm³/mol. The number of fused-ring (bicyclic) bond motifs is 2. The standard InChI is InChI=1S/C17H12ClNO2/c18-14-6-2-4-11-13(9-19-17(20)15(11)14)12-5-1-3-10-7-8-21-16(10)12/h1-6,9H,7-8H2,(H,19,20). The molecule has 104 valence electrons. The SMILES string of the molecule is O=c1[nH]cc(-c2cccc3c2OCC3)c2cccc(Cl)c12. The van der Waals surface area contributed by atoms with E-state index in [1.165, 1.54) is 5.56 Å². The molecular formula is C17H12ClNO2. The number of para-hydroxylation sites is 1. The topological polar surface area (TPSA) is 42.1 Å². The first-order valence-corrected chi connectivity index (χ1v) is 7.18. The Labute approximate surface area is 126 Å². The molecule has 1 N–H and O–H groups in total. The molecule has 2 aromatic carbocycles. The summed E-state index contributed by atoms with van der Waals surface area (Å²) >= 11 is 6.19. The second-order valence-electron chi connectivity index (χ2n) is 5.09. The van der Waals surface area contributed by atoms with Crippen LogP contribution in [0.25, 0.3) is 21.9 Å². The summed E-state index contributed by atoms with van der Waals surface area (Å²) in [5.41, 5.74) is 2.96. The van der Waals surface area contributed by atoms with Gasteiger partial charge in [-0.1, -0.05) is 41.9 Å². The van der Waals surface area contributed by atoms with Crippen LogP contribution in [0, 0.1) is 0 Å². The van der Waals surface area contributed by atoms with E-state index >= 15 is 0 Å². The van der Waals surface area contributed by atoms with Gasteiger partial charge in [0.15, 0.2) is 0 Å². The van der Waals surface area contributed by atoms with Crippen molar-refractivity contribution in [1.82, 2.24) is 4.98 Å². The van der Waals surface area contributed by atoms with Gasteiger partial charge in [0.2, 0.25) is 0 Å². The maximum absolute atomic E-state index is 12.0. The van der Waals surface area contributed by atoms with E-state index in [0.717, 1.165) is 28.7 Å². The van der Waals surface area contributed by atoms with Crippen LogP contribution in [0.5, 0.6) is 5.75 Å². The van der Waals surface area contributed by atoms with Crippen molar-refractivity contribution in [2.75, 3.05) is 6.61 Å². The number of hydrogen-bond donors (Lipinski definition) is 1. The Hall–Kier alpha value is -2.26. The van der Waals surface area contributed by atoms with E-state index in [1.807, 2.05) is 24.3 Å². The van der Waals surface area contributed by atoms with E-state index in [0.29, 0.717) is 17.0 Å². The summed E-state index contributed by atoms with van der Waals surface area (Å²) in [4.78, 5) is 14.8. The van der Waals surface area contributed by atoms with Gasteiger partial charge in [-0.25, -0.2) is 0 Å². The zero-order valence-electron chi connectivity index (χ0n) is 11.2. The summed E-state index contributed by atoms with van der Waals surface area (Å²) in [6.07, 6.45) is 2.66. The van der Waals surface area contributed by atoms with Crippen molar-refractivity contribution in [2.45, 2.75) is 6.42 Å². The van der Waals surface area contributed by atoms with E-state index in [4.69, 9.17) is 16.3 Å². The summed E-state index contributed by atoms with van der Waals surface area (Å²) in [6, 6.07) is 11.6. The first-order chi connectivity index (χ1) is 10.3. The number of H-pyrrole nitrogens is 1. The van der Waals surface area contributed by atoms with Gasteiger partial charge in [0.05, 0.1) is 17.0 Å². The molecule has 0 bridgehead atoms. The minimum atomic E-state index is -0.173. The van der Waals surface area contributed by atoms with Crippen molar-refractivity contribution in [3.63, 3.8) is 0 Å². The molecule has 1 aliphatic rings. The first kappa shape index (κ1) is 12.5. The van der Waals surface area contributed by atoms with Gasteiger partial charge in [0.1, 0.15) is 5.75 Å². The van der Waals surface area contributed by atoms with Crippen molar-refractivity contribution >= 4 is 22.4 Å². The molecule has 0 atom stereocenters. The van der Waals surface area contributed by atoms with E-state index in [1.54, 1.807) is 12.3 Å². The molecule has 0 radical (unpaired) electrons. The molecule has 4 rings (SSSR count). The largest absolute Gasteiger partial charge is 0.492 e. The quantitative estimate of drug-likeness (QED) is 0.742. The van der Waals surface area contributed by atoms with Crippen LogP contribution < -0.4 is 10.3 Å². The summed E-state index contributed by atoms with van der Waals surface area (Å²) in [6.45, 7) is 0.703. The third-order valence-corrected chi connectivity index (χ3v) is 4.20. The fourth-order valence-electron chi connectivity index (χ4n) is 2.92. The molecule has 4 heteroatoms. The Kier molecular flexibility index (Phi) is 2.76. The van der Waals surface area contributed by atoms with Crippen LogP contribution in [0.4, 0.5) is 0 Å². The van der Waals surface area contributed by atoms with Gasteiger partial charge in [0, 0.05) is 23.7 Å². The van der Waals surface area contributed by atoms with Crippen molar-refractivity contribution in [3.05, 3.63) is 63.5 Å². The number of nitrogens with one attached hydrogen (secondary N) is 1. The maximum atomic E-state index is 12.0. The molecular weight excluding hydrogens is 286 g/mol. The monoisotopic (exact) mass is 297 g/mol. The highest BCUT2D eigenvalue weighted by molar-refractivity contribution is 6.35. The van der Waals surface area contributed by atoms with Crippen LogP contribution in [0.15, 0.2) is 47.4 Å². The van der Waals surface area contributed by atoms with Crippen molar-refractivity contribution < 1.29 is 4.74 Å². The fraction of sp³-hybridized carbons (Fsp3) is 0.118. The first-order valence-electron chi connectivity index (χ1n) is 6.80. The normalized spacial score (nSPS) is 13.2. The lowest BCUT2D eigenvalue weighted by molar-refractivity contribution is 0.358. The molecule has 0 amide bonds. The van der Waals surface area contributed by atoms with Crippen LogP contribution >= 0.6 is 11.6 Å². The van der Waals surface area contributed by atoms with Crippen molar-refractivity contribution in [1.29, 1.82) is 0 Å².